The Morgan fingerprint density at radius 3 is 2.92 bits per heavy atom. The summed E-state index contributed by atoms with van der Waals surface area (Å²) in [7, 11) is 1.92. The molecular formula is C8H13ClN2O. The zero-order valence-corrected chi connectivity index (χ0v) is 7.82. The molecule has 1 rings (SSSR count). The van der Waals surface area contributed by atoms with Crippen LogP contribution in [0.5, 0.6) is 0 Å². The van der Waals surface area contributed by atoms with Crippen LogP contribution in [0.2, 0.25) is 5.22 Å². The minimum atomic E-state index is 0.479. The van der Waals surface area contributed by atoms with Crippen LogP contribution in [0.1, 0.15) is 5.56 Å². The average molecular weight is 189 g/mol. The first kappa shape index (κ1) is 9.58. The van der Waals surface area contributed by atoms with Crippen molar-refractivity contribution in [1.82, 2.24) is 10.6 Å². The second kappa shape index (κ2) is 5.19. The third kappa shape index (κ3) is 2.85. The molecule has 0 aliphatic carbocycles. The maximum Gasteiger partial charge on any atom is 0.197 e. The normalized spacial score (nSPS) is 10.5. The quantitative estimate of drug-likeness (QED) is 0.683. The highest BCUT2D eigenvalue weighted by Gasteiger charge is 2.00. The van der Waals surface area contributed by atoms with Gasteiger partial charge in [0.05, 0.1) is 6.26 Å². The third-order valence-corrected chi connectivity index (χ3v) is 1.89. The van der Waals surface area contributed by atoms with Crippen LogP contribution in [-0.4, -0.2) is 20.1 Å². The summed E-state index contributed by atoms with van der Waals surface area (Å²) >= 11 is 5.73. The van der Waals surface area contributed by atoms with Gasteiger partial charge in [0.15, 0.2) is 5.22 Å². The number of rotatable bonds is 5. The van der Waals surface area contributed by atoms with Crippen molar-refractivity contribution in [3.05, 3.63) is 23.1 Å². The maximum atomic E-state index is 5.73. The predicted molar refractivity (Wildman–Crippen MR) is 49.4 cm³/mol. The molecule has 0 fully saturated rings. The largest absolute Gasteiger partial charge is 0.453 e. The van der Waals surface area contributed by atoms with Crippen molar-refractivity contribution in [2.75, 3.05) is 20.1 Å². The van der Waals surface area contributed by atoms with Crippen molar-refractivity contribution < 1.29 is 4.42 Å². The lowest BCUT2D eigenvalue weighted by atomic mass is 10.3. The Bertz CT molecular complexity index is 225. The van der Waals surface area contributed by atoms with E-state index in [0.717, 1.165) is 25.2 Å². The fraction of sp³-hybridized carbons (Fsp3) is 0.500. The van der Waals surface area contributed by atoms with Crippen LogP contribution in [0.15, 0.2) is 16.7 Å². The summed E-state index contributed by atoms with van der Waals surface area (Å²) in [5.74, 6) is 0. The van der Waals surface area contributed by atoms with E-state index < -0.39 is 0 Å². The van der Waals surface area contributed by atoms with Gasteiger partial charge in [-0.05, 0) is 24.7 Å². The Balaban J connectivity index is 2.20. The number of hydrogen-bond donors (Lipinski definition) is 2. The molecule has 0 unspecified atom stereocenters. The minimum Gasteiger partial charge on any atom is -0.453 e. The van der Waals surface area contributed by atoms with E-state index in [1.54, 1.807) is 6.26 Å². The van der Waals surface area contributed by atoms with Gasteiger partial charge < -0.3 is 15.1 Å². The average Bonchev–Trinajstić information content (AvgIpc) is 2.46. The first-order chi connectivity index (χ1) is 5.84. The van der Waals surface area contributed by atoms with Crippen LogP contribution < -0.4 is 10.6 Å². The summed E-state index contributed by atoms with van der Waals surface area (Å²) in [4.78, 5) is 0. The minimum absolute atomic E-state index is 0.479. The van der Waals surface area contributed by atoms with E-state index in [1.807, 2.05) is 13.1 Å². The highest BCUT2D eigenvalue weighted by Crippen LogP contribution is 2.15. The van der Waals surface area contributed by atoms with Crippen molar-refractivity contribution in [1.29, 1.82) is 0 Å². The number of hydrogen-bond acceptors (Lipinski definition) is 3. The molecule has 0 bridgehead atoms. The van der Waals surface area contributed by atoms with Crippen LogP contribution in [0.4, 0.5) is 0 Å². The molecule has 68 valence electrons. The van der Waals surface area contributed by atoms with E-state index in [0.29, 0.717) is 5.22 Å². The molecule has 0 saturated heterocycles. The fourth-order valence-corrected chi connectivity index (χ4v) is 1.06. The van der Waals surface area contributed by atoms with Gasteiger partial charge in [-0.25, -0.2) is 0 Å². The van der Waals surface area contributed by atoms with Crippen molar-refractivity contribution >= 4 is 11.6 Å². The number of nitrogens with one attached hydrogen (secondary N) is 2. The van der Waals surface area contributed by atoms with Crippen LogP contribution in [0, 0.1) is 0 Å². The van der Waals surface area contributed by atoms with Gasteiger partial charge >= 0.3 is 0 Å². The number of halogens is 1. The molecule has 0 aromatic carbocycles. The second-order valence-electron chi connectivity index (χ2n) is 2.50. The third-order valence-electron chi connectivity index (χ3n) is 1.56. The summed E-state index contributed by atoms with van der Waals surface area (Å²) in [6, 6.07) is 1.87. The standard InChI is InChI=1S/C8H13ClN2O/c1-10-3-4-11-6-7-2-5-12-8(7)9/h2,5,10-11H,3-4,6H2,1H3. The number of furan rings is 1. The van der Waals surface area contributed by atoms with E-state index >= 15 is 0 Å². The maximum absolute atomic E-state index is 5.73. The highest BCUT2D eigenvalue weighted by molar-refractivity contribution is 6.29. The Labute approximate surface area is 77.1 Å². The zero-order valence-electron chi connectivity index (χ0n) is 7.06. The van der Waals surface area contributed by atoms with Gasteiger partial charge in [0, 0.05) is 25.2 Å². The molecule has 3 nitrogen and oxygen atoms in total. The molecular weight excluding hydrogens is 176 g/mol. The number of likely N-dealkylation sites (N-methyl/N-ethyl adjacent to an activating group) is 1. The first-order valence-corrected chi connectivity index (χ1v) is 4.29. The van der Waals surface area contributed by atoms with Gasteiger partial charge in [0.1, 0.15) is 0 Å². The predicted octanol–water partition coefficient (Wildman–Crippen LogP) is 1.24. The molecule has 1 aromatic rings. The summed E-state index contributed by atoms with van der Waals surface area (Å²) in [5.41, 5.74) is 1.01. The summed E-state index contributed by atoms with van der Waals surface area (Å²) in [5, 5.41) is 6.74. The van der Waals surface area contributed by atoms with Crippen molar-refractivity contribution in [2.24, 2.45) is 0 Å². The van der Waals surface area contributed by atoms with E-state index in [-0.39, 0.29) is 0 Å². The van der Waals surface area contributed by atoms with E-state index in [2.05, 4.69) is 10.6 Å². The van der Waals surface area contributed by atoms with Gasteiger partial charge in [-0.1, -0.05) is 0 Å². The molecule has 0 spiro atoms. The molecule has 4 heteroatoms. The molecule has 0 radical (unpaired) electrons. The highest BCUT2D eigenvalue weighted by atomic mass is 35.5. The molecule has 12 heavy (non-hydrogen) atoms. The van der Waals surface area contributed by atoms with Gasteiger partial charge in [-0.2, -0.15) is 0 Å². The lowest BCUT2D eigenvalue weighted by Gasteiger charge is -2.01. The Hall–Kier alpha value is -0.510. The Kier molecular flexibility index (Phi) is 4.14. The lowest BCUT2D eigenvalue weighted by molar-refractivity contribution is 0.562. The van der Waals surface area contributed by atoms with Crippen LogP contribution in [0.3, 0.4) is 0 Å². The molecule has 0 amide bonds. The monoisotopic (exact) mass is 188 g/mol. The van der Waals surface area contributed by atoms with E-state index in [9.17, 15) is 0 Å². The van der Waals surface area contributed by atoms with Gasteiger partial charge in [-0.3, -0.25) is 0 Å². The zero-order chi connectivity index (χ0) is 8.81. The van der Waals surface area contributed by atoms with Crippen molar-refractivity contribution in [3.63, 3.8) is 0 Å². The van der Waals surface area contributed by atoms with Gasteiger partial charge in [0.25, 0.3) is 0 Å². The molecule has 0 saturated carbocycles. The van der Waals surface area contributed by atoms with Gasteiger partial charge in [-0.15, -0.1) is 0 Å². The Morgan fingerprint density at radius 1 is 1.50 bits per heavy atom. The second-order valence-corrected chi connectivity index (χ2v) is 2.84. The van der Waals surface area contributed by atoms with Crippen molar-refractivity contribution in [3.8, 4) is 0 Å². The van der Waals surface area contributed by atoms with Crippen LogP contribution in [-0.2, 0) is 6.54 Å². The van der Waals surface area contributed by atoms with Crippen LogP contribution in [0.25, 0.3) is 0 Å². The molecule has 1 aromatic heterocycles. The molecule has 2 N–H and O–H groups in total. The van der Waals surface area contributed by atoms with E-state index in [4.69, 9.17) is 16.0 Å². The molecule has 0 aliphatic heterocycles. The smallest absolute Gasteiger partial charge is 0.197 e. The topological polar surface area (TPSA) is 37.2 Å². The Morgan fingerprint density at radius 2 is 2.33 bits per heavy atom. The van der Waals surface area contributed by atoms with E-state index in [1.165, 1.54) is 0 Å². The summed E-state index contributed by atoms with van der Waals surface area (Å²) in [6.07, 6.45) is 1.59. The molecule has 0 aliphatic rings. The molecule has 0 atom stereocenters. The lowest BCUT2D eigenvalue weighted by Crippen LogP contribution is -2.24. The summed E-state index contributed by atoms with van der Waals surface area (Å²) < 4.78 is 4.93. The fourth-order valence-electron chi connectivity index (χ4n) is 0.882. The first-order valence-electron chi connectivity index (χ1n) is 3.92. The van der Waals surface area contributed by atoms with Gasteiger partial charge in [0.2, 0.25) is 0 Å². The molecule has 1 heterocycles. The SMILES string of the molecule is CNCCNCc1ccoc1Cl. The van der Waals surface area contributed by atoms with Crippen molar-refractivity contribution in [2.45, 2.75) is 6.54 Å². The van der Waals surface area contributed by atoms with Crippen LogP contribution >= 0.6 is 11.6 Å². The summed E-state index contributed by atoms with van der Waals surface area (Å²) in [6.45, 7) is 2.64.